The minimum absolute atomic E-state index is 0.466. The molecule has 4 nitrogen and oxygen atoms in total. The van der Waals surface area contributed by atoms with Crippen LogP contribution in [0.4, 0.5) is 0 Å². The molecule has 0 aliphatic carbocycles. The molecule has 114 valence electrons. The number of sulfone groups is 1. The van der Waals surface area contributed by atoms with Crippen LogP contribution in [0.25, 0.3) is 0 Å². The molecule has 2 N–H and O–H groups in total. The van der Waals surface area contributed by atoms with E-state index in [9.17, 15) is 8.42 Å². The minimum atomic E-state index is -3.08. The number of nitrogens with zero attached hydrogens (tertiary/aromatic N) is 1. The summed E-state index contributed by atoms with van der Waals surface area (Å²) in [6.07, 6.45) is 4.76. The molecule has 1 aromatic heterocycles. The molecular formula is C14H24N2O2S2. The van der Waals surface area contributed by atoms with E-state index >= 15 is 0 Å². The van der Waals surface area contributed by atoms with Crippen molar-refractivity contribution in [2.45, 2.75) is 43.0 Å². The number of nitrogens with two attached hydrogens (primary N) is 1. The lowest BCUT2D eigenvalue weighted by Gasteiger charge is -2.39. The second-order valence-corrected chi connectivity index (χ2v) is 9.14. The number of rotatable bonds is 5. The quantitative estimate of drug-likeness (QED) is 0.903. The predicted molar refractivity (Wildman–Crippen MR) is 83.7 cm³/mol. The maximum absolute atomic E-state index is 11.5. The summed E-state index contributed by atoms with van der Waals surface area (Å²) in [6, 6.07) is 4.19. The summed E-state index contributed by atoms with van der Waals surface area (Å²) in [4.78, 5) is 3.60. The Morgan fingerprint density at radius 3 is 2.80 bits per heavy atom. The van der Waals surface area contributed by atoms with Crippen molar-refractivity contribution in [2.24, 2.45) is 11.7 Å². The van der Waals surface area contributed by atoms with Gasteiger partial charge in [0.25, 0.3) is 0 Å². The van der Waals surface area contributed by atoms with E-state index in [0.29, 0.717) is 22.7 Å². The van der Waals surface area contributed by atoms with Crippen molar-refractivity contribution in [1.82, 2.24) is 4.90 Å². The summed E-state index contributed by atoms with van der Waals surface area (Å²) >= 11 is 1.39. The zero-order valence-electron chi connectivity index (χ0n) is 12.2. The third-order valence-corrected chi connectivity index (χ3v) is 6.94. The number of hydrogen-bond acceptors (Lipinski definition) is 5. The van der Waals surface area contributed by atoms with Crippen LogP contribution in [-0.2, 0) is 16.4 Å². The molecule has 0 aromatic carbocycles. The molecule has 1 aliphatic rings. The van der Waals surface area contributed by atoms with Crippen LogP contribution in [0, 0.1) is 5.92 Å². The molecule has 2 atom stereocenters. The second kappa shape index (κ2) is 6.56. The lowest BCUT2D eigenvalue weighted by Crippen LogP contribution is -2.44. The third kappa shape index (κ3) is 3.81. The first-order chi connectivity index (χ1) is 9.41. The van der Waals surface area contributed by atoms with Gasteiger partial charge >= 0.3 is 0 Å². The molecule has 6 heteroatoms. The Balaban J connectivity index is 2.09. The van der Waals surface area contributed by atoms with E-state index in [4.69, 9.17) is 5.73 Å². The highest BCUT2D eigenvalue weighted by Crippen LogP contribution is 2.29. The zero-order chi connectivity index (χ0) is 14.8. The van der Waals surface area contributed by atoms with Gasteiger partial charge in [0.05, 0.1) is 0 Å². The van der Waals surface area contributed by atoms with E-state index in [0.717, 1.165) is 24.4 Å². The summed E-state index contributed by atoms with van der Waals surface area (Å²) < 4.78 is 23.5. The van der Waals surface area contributed by atoms with Gasteiger partial charge < -0.3 is 5.73 Å². The average Bonchev–Trinajstić information content (AvgIpc) is 2.82. The highest BCUT2D eigenvalue weighted by Gasteiger charge is 2.28. The van der Waals surface area contributed by atoms with E-state index in [2.05, 4.69) is 11.8 Å². The normalized spacial score (nSPS) is 24.9. The molecule has 2 unspecified atom stereocenters. The van der Waals surface area contributed by atoms with Gasteiger partial charge in [0.2, 0.25) is 0 Å². The Hall–Kier alpha value is -0.430. The molecular weight excluding hydrogens is 292 g/mol. The van der Waals surface area contributed by atoms with Gasteiger partial charge in [-0.25, -0.2) is 8.42 Å². The van der Waals surface area contributed by atoms with Crippen molar-refractivity contribution < 1.29 is 8.42 Å². The molecule has 2 heterocycles. The number of piperidine rings is 1. The Labute approximate surface area is 125 Å². The van der Waals surface area contributed by atoms with Gasteiger partial charge in [-0.05, 0) is 50.4 Å². The fourth-order valence-corrected chi connectivity index (χ4v) is 5.01. The Morgan fingerprint density at radius 2 is 2.20 bits per heavy atom. The Kier molecular flexibility index (Phi) is 5.23. The van der Waals surface area contributed by atoms with E-state index in [1.54, 1.807) is 6.07 Å². The standard InChI is InChI=1S/C14H24N2O2S2/c1-11-4-3-9-16(13(11)7-8-15)10-12-5-6-14(19-12)20(2,17)18/h5-6,11,13H,3-4,7-10,15H2,1-2H3. The van der Waals surface area contributed by atoms with Crippen molar-refractivity contribution in [3.8, 4) is 0 Å². The molecule has 1 aromatic rings. The van der Waals surface area contributed by atoms with E-state index < -0.39 is 9.84 Å². The molecule has 1 fully saturated rings. The number of hydrogen-bond donors (Lipinski definition) is 1. The molecule has 1 aliphatic heterocycles. The van der Waals surface area contributed by atoms with Crippen LogP contribution in [0.15, 0.2) is 16.3 Å². The van der Waals surface area contributed by atoms with Gasteiger partial charge in [0.15, 0.2) is 9.84 Å². The Bertz CT molecular complexity index is 539. The largest absolute Gasteiger partial charge is 0.330 e. The average molecular weight is 316 g/mol. The predicted octanol–water partition coefficient (Wildman–Crippen LogP) is 2.10. The molecule has 1 saturated heterocycles. The van der Waals surface area contributed by atoms with Crippen LogP contribution in [0.2, 0.25) is 0 Å². The molecule has 0 bridgehead atoms. The summed E-state index contributed by atoms with van der Waals surface area (Å²) in [5, 5.41) is 0. The summed E-state index contributed by atoms with van der Waals surface area (Å²) in [5.74, 6) is 0.668. The van der Waals surface area contributed by atoms with Crippen LogP contribution in [0.3, 0.4) is 0 Å². The minimum Gasteiger partial charge on any atom is -0.330 e. The van der Waals surface area contributed by atoms with Crippen molar-refractivity contribution in [3.05, 3.63) is 17.0 Å². The van der Waals surface area contributed by atoms with Gasteiger partial charge in [-0.1, -0.05) is 6.92 Å². The highest BCUT2D eigenvalue weighted by molar-refractivity contribution is 7.92. The van der Waals surface area contributed by atoms with Gasteiger partial charge in [-0.3, -0.25) is 4.90 Å². The third-order valence-electron chi connectivity index (χ3n) is 4.05. The van der Waals surface area contributed by atoms with Gasteiger partial charge in [0.1, 0.15) is 4.21 Å². The molecule has 0 radical (unpaired) electrons. The summed E-state index contributed by atoms with van der Waals surface area (Å²) in [7, 11) is -3.08. The van der Waals surface area contributed by atoms with Crippen LogP contribution in [0.1, 0.15) is 31.1 Å². The fourth-order valence-electron chi connectivity index (χ4n) is 3.01. The topological polar surface area (TPSA) is 63.4 Å². The summed E-state index contributed by atoms with van der Waals surface area (Å²) in [6.45, 7) is 4.93. The maximum atomic E-state index is 11.5. The first kappa shape index (κ1) is 15.9. The second-order valence-electron chi connectivity index (χ2n) is 5.73. The lowest BCUT2D eigenvalue weighted by atomic mass is 9.88. The van der Waals surface area contributed by atoms with E-state index in [-0.39, 0.29) is 0 Å². The number of thiophene rings is 1. The first-order valence-electron chi connectivity index (χ1n) is 7.14. The zero-order valence-corrected chi connectivity index (χ0v) is 13.8. The van der Waals surface area contributed by atoms with Crippen LogP contribution in [0.5, 0.6) is 0 Å². The van der Waals surface area contributed by atoms with Gasteiger partial charge in [0, 0.05) is 23.7 Å². The molecule has 0 saturated carbocycles. The first-order valence-corrected chi connectivity index (χ1v) is 9.85. The van der Waals surface area contributed by atoms with Crippen LogP contribution < -0.4 is 5.73 Å². The maximum Gasteiger partial charge on any atom is 0.184 e. The summed E-state index contributed by atoms with van der Waals surface area (Å²) in [5.41, 5.74) is 5.74. The Morgan fingerprint density at radius 1 is 1.45 bits per heavy atom. The lowest BCUT2D eigenvalue weighted by molar-refractivity contribution is 0.0896. The van der Waals surface area contributed by atoms with Crippen molar-refractivity contribution >= 4 is 21.2 Å². The number of likely N-dealkylation sites (tertiary alicyclic amines) is 1. The molecule has 0 amide bonds. The fraction of sp³-hybridized carbons (Fsp3) is 0.714. The highest BCUT2D eigenvalue weighted by atomic mass is 32.2. The SMILES string of the molecule is CC1CCCN(Cc2ccc(S(C)(=O)=O)s2)C1CCN. The van der Waals surface area contributed by atoms with E-state index in [1.807, 2.05) is 6.07 Å². The molecule has 20 heavy (non-hydrogen) atoms. The molecule has 0 spiro atoms. The van der Waals surface area contributed by atoms with E-state index in [1.165, 1.54) is 30.4 Å². The van der Waals surface area contributed by atoms with Gasteiger partial charge in [-0.15, -0.1) is 11.3 Å². The monoisotopic (exact) mass is 316 g/mol. The van der Waals surface area contributed by atoms with Crippen LogP contribution >= 0.6 is 11.3 Å². The molecule has 2 rings (SSSR count). The van der Waals surface area contributed by atoms with Crippen molar-refractivity contribution in [2.75, 3.05) is 19.3 Å². The van der Waals surface area contributed by atoms with Crippen molar-refractivity contribution in [3.63, 3.8) is 0 Å². The smallest absolute Gasteiger partial charge is 0.184 e. The van der Waals surface area contributed by atoms with Crippen LogP contribution in [-0.4, -0.2) is 38.7 Å². The van der Waals surface area contributed by atoms with Gasteiger partial charge in [-0.2, -0.15) is 0 Å². The van der Waals surface area contributed by atoms with Crippen molar-refractivity contribution in [1.29, 1.82) is 0 Å².